The van der Waals surface area contributed by atoms with Gasteiger partial charge >= 0.3 is 0 Å². The highest BCUT2D eigenvalue weighted by molar-refractivity contribution is 5.75. The van der Waals surface area contributed by atoms with E-state index in [2.05, 4.69) is 10.3 Å². The highest BCUT2D eigenvalue weighted by atomic mass is 16.3. The number of aromatic nitrogens is 1. The molecule has 1 aliphatic heterocycles. The van der Waals surface area contributed by atoms with Crippen molar-refractivity contribution in [2.45, 2.75) is 18.4 Å². The van der Waals surface area contributed by atoms with Gasteiger partial charge in [-0.2, -0.15) is 0 Å². The molecular formula is C18H18N2O2. The van der Waals surface area contributed by atoms with Crippen LogP contribution in [0, 0.1) is 0 Å². The van der Waals surface area contributed by atoms with Crippen LogP contribution >= 0.6 is 0 Å². The van der Waals surface area contributed by atoms with Crippen LogP contribution in [0.4, 0.5) is 0 Å². The quantitative estimate of drug-likeness (QED) is 0.762. The Kier molecular flexibility index (Phi) is 3.21. The van der Waals surface area contributed by atoms with Gasteiger partial charge in [0, 0.05) is 12.1 Å². The minimum atomic E-state index is -0.766. The van der Waals surface area contributed by atoms with Crippen molar-refractivity contribution in [2.24, 2.45) is 0 Å². The maximum absolute atomic E-state index is 10.7. The Hall–Kier alpha value is -2.17. The van der Waals surface area contributed by atoms with Crippen molar-refractivity contribution >= 4 is 11.1 Å². The zero-order valence-electron chi connectivity index (χ0n) is 12.2. The number of oxazole rings is 1. The molecule has 22 heavy (non-hydrogen) atoms. The van der Waals surface area contributed by atoms with Gasteiger partial charge in [-0.25, -0.2) is 4.98 Å². The van der Waals surface area contributed by atoms with Crippen LogP contribution in [0.2, 0.25) is 0 Å². The molecule has 2 N–H and O–H groups in total. The summed E-state index contributed by atoms with van der Waals surface area (Å²) in [5, 5.41) is 14.0. The van der Waals surface area contributed by atoms with E-state index < -0.39 is 5.60 Å². The fourth-order valence-corrected chi connectivity index (χ4v) is 3.05. The molecule has 0 bridgehead atoms. The van der Waals surface area contributed by atoms with Gasteiger partial charge in [0.05, 0.1) is 0 Å². The molecule has 0 amide bonds. The number of β-amino-alcohol motifs (C(OH)–C–C–N with tert-alkyl or cyclic N) is 1. The molecule has 112 valence electrons. The monoisotopic (exact) mass is 294 g/mol. The van der Waals surface area contributed by atoms with Crippen molar-refractivity contribution in [3.05, 3.63) is 54.1 Å². The van der Waals surface area contributed by atoms with Gasteiger partial charge < -0.3 is 14.8 Å². The van der Waals surface area contributed by atoms with E-state index in [1.807, 2.05) is 48.5 Å². The summed E-state index contributed by atoms with van der Waals surface area (Å²) in [6, 6.07) is 15.6. The lowest BCUT2D eigenvalue weighted by molar-refractivity contribution is 0.0123. The zero-order valence-corrected chi connectivity index (χ0v) is 12.2. The topological polar surface area (TPSA) is 58.3 Å². The third-order valence-corrected chi connectivity index (χ3v) is 4.32. The van der Waals surface area contributed by atoms with Gasteiger partial charge in [-0.15, -0.1) is 0 Å². The summed E-state index contributed by atoms with van der Waals surface area (Å²) >= 11 is 0. The lowest BCUT2D eigenvalue weighted by Gasteiger charge is -2.33. The smallest absolute Gasteiger partial charge is 0.227 e. The van der Waals surface area contributed by atoms with Crippen LogP contribution in [0.1, 0.15) is 18.4 Å². The molecular weight excluding hydrogens is 276 g/mol. The number of hydrogen-bond donors (Lipinski definition) is 2. The molecule has 1 unspecified atom stereocenters. The Balaban J connectivity index is 1.66. The van der Waals surface area contributed by atoms with Crippen LogP contribution in [0.15, 0.2) is 52.9 Å². The molecule has 4 heteroatoms. The molecule has 0 radical (unpaired) electrons. The van der Waals surface area contributed by atoms with Gasteiger partial charge in [0.25, 0.3) is 0 Å². The molecule has 1 aromatic heterocycles. The van der Waals surface area contributed by atoms with Crippen molar-refractivity contribution in [1.82, 2.24) is 10.3 Å². The molecule has 3 aromatic rings. The number of fused-ring (bicyclic) bond motifs is 1. The van der Waals surface area contributed by atoms with E-state index in [0.29, 0.717) is 12.4 Å². The first-order valence-electron chi connectivity index (χ1n) is 7.64. The number of benzene rings is 2. The largest absolute Gasteiger partial charge is 0.436 e. The molecule has 0 aliphatic carbocycles. The van der Waals surface area contributed by atoms with Gasteiger partial charge in [-0.1, -0.05) is 24.3 Å². The summed E-state index contributed by atoms with van der Waals surface area (Å²) in [5.41, 5.74) is 2.75. The molecule has 0 spiro atoms. The van der Waals surface area contributed by atoms with Crippen LogP contribution in [0.25, 0.3) is 22.6 Å². The maximum atomic E-state index is 10.7. The van der Waals surface area contributed by atoms with Crippen LogP contribution < -0.4 is 5.32 Å². The molecule has 4 nitrogen and oxygen atoms in total. The average molecular weight is 294 g/mol. The molecule has 2 heterocycles. The van der Waals surface area contributed by atoms with Crippen LogP contribution in [-0.4, -0.2) is 23.2 Å². The normalized spacial score (nSPS) is 22.0. The van der Waals surface area contributed by atoms with E-state index in [1.165, 1.54) is 0 Å². The summed E-state index contributed by atoms with van der Waals surface area (Å²) in [6.07, 6.45) is 1.78. The highest BCUT2D eigenvalue weighted by Gasteiger charge is 2.30. The molecule has 0 saturated carbocycles. The SMILES string of the molecule is OC1(c2ccc(-c3nc4ccccc4o3)cc2)CCCNC1. The second kappa shape index (κ2) is 5.23. The lowest BCUT2D eigenvalue weighted by Crippen LogP contribution is -2.43. The first-order valence-corrected chi connectivity index (χ1v) is 7.64. The number of nitrogens with one attached hydrogen (secondary N) is 1. The van der Waals surface area contributed by atoms with Crippen molar-refractivity contribution in [1.29, 1.82) is 0 Å². The fourth-order valence-electron chi connectivity index (χ4n) is 3.05. The van der Waals surface area contributed by atoms with Crippen molar-refractivity contribution in [3.63, 3.8) is 0 Å². The molecule has 1 aliphatic rings. The van der Waals surface area contributed by atoms with Crippen molar-refractivity contribution in [2.75, 3.05) is 13.1 Å². The van der Waals surface area contributed by atoms with E-state index in [0.717, 1.165) is 41.6 Å². The summed E-state index contributed by atoms with van der Waals surface area (Å²) in [6.45, 7) is 1.58. The number of piperidine rings is 1. The minimum Gasteiger partial charge on any atom is -0.436 e. The van der Waals surface area contributed by atoms with E-state index in [4.69, 9.17) is 4.42 Å². The van der Waals surface area contributed by atoms with Gasteiger partial charge in [0.15, 0.2) is 5.58 Å². The summed E-state index contributed by atoms with van der Waals surface area (Å²) in [5.74, 6) is 0.613. The Morgan fingerprint density at radius 2 is 1.91 bits per heavy atom. The van der Waals surface area contributed by atoms with Crippen LogP contribution in [0.5, 0.6) is 0 Å². The summed E-state index contributed by atoms with van der Waals surface area (Å²) in [4.78, 5) is 4.50. The van der Waals surface area contributed by atoms with E-state index in [9.17, 15) is 5.11 Å². The predicted octanol–water partition coefficient (Wildman–Crippen LogP) is 3.07. The zero-order chi connectivity index (χ0) is 15.0. The predicted molar refractivity (Wildman–Crippen MR) is 85.4 cm³/mol. The van der Waals surface area contributed by atoms with E-state index >= 15 is 0 Å². The third-order valence-electron chi connectivity index (χ3n) is 4.32. The Bertz CT molecular complexity index is 753. The number of hydrogen-bond acceptors (Lipinski definition) is 4. The van der Waals surface area contributed by atoms with Crippen LogP contribution in [-0.2, 0) is 5.60 Å². The average Bonchev–Trinajstić information content (AvgIpc) is 3.00. The maximum Gasteiger partial charge on any atom is 0.227 e. The Morgan fingerprint density at radius 1 is 1.09 bits per heavy atom. The molecule has 1 saturated heterocycles. The van der Waals surface area contributed by atoms with E-state index in [-0.39, 0.29) is 0 Å². The minimum absolute atomic E-state index is 0.606. The van der Waals surface area contributed by atoms with Crippen molar-refractivity contribution < 1.29 is 9.52 Å². The number of nitrogens with zero attached hydrogens (tertiary/aromatic N) is 1. The number of para-hydroxylation sites is 2. The van der Waals surface area contributed by atoms with Gasteiger partial charge in [-0.3, -0.25) is 0 Å². The molecule has 1 atom stereocenters. The third kappa shape index (κ3) is 2.30. The Morgan fingerprint density at radius 3 is 2.64 bits per heavy atom. The number of aliphatic hydroxyl groups is 1. The van der Waals surface area contributed by atoms with E-state index in [1.54, 1.807) is 0 Å². The fraction of sp³-hybridized carbons (Fsp3) is 0.278. The first-order chi connectivity index (χ1) is 10.7. The standard InChI is InChI=1S/C18H18N2O2/c21-18(10-3-11-19-12-18)14-8-6-13(7-9-14)17-20-15-4-1-2-5-16(15)22-17/h1-2,4-9,19,21H,3,10-12H2. The van der Waals surface area contributed by atoms with Gasteiger partial charge in [0.1, 0.15) is 11.1 Å². The second-order valence-corrected chi connectivity index (χ2v) is 5.88. The first kappa shape index (κ1) is 13.5. The van der Waals surface area contributed by atoms with Gasteiger partial charge in [0.2, 0.25) is 5.89 Å². The Labute approximate surface area is 128 Å². The molecule has 2 aromatic carbocycles. The van der Waals surface area contributed by atoms with Gasteiger partial charge in [-0.05, 0) is 49.2 Å². The van der Waals surface area contributed by atoms with Crippen molar-refractivity contribution in [3.8, 4) is 11.5 Å². The molecule has 4 rings (SSSR count). The van der Waals surface area contributed by atoms with Crippen LogP contribution in [0.3, 0.4) is 0 Å². The molecule has 1 fully saturated rings. The lowest BCUT2D eigenvalue weighted by atomic mass is 9.86. The number of rotatable bonds is 2. The highest BCUT2D eigenvalue weighted by Crippen LogP contribution is 2.30. The summed E-state index contributed by atoms with van der Waals surface area (Å²) in [7, 11) is 0. The summed E-state index contributed by atoms with van der Waals surface area (Å²) < 4.78 is 5.78. The second-order valence-electron chi connectivity index (χ2n) is 5.88.